The molecule has 0 N–H and O–H groups in total. The van der Waals surface area contributed by atoms with Crippen LogP contribution in [-0.2, 0) is 0 Å². The van der Waals surface area contributed by atoms with Crippen molar-refractivity contribution in [3.8, 4) is 33.4 Å². The highest BCUT2D eigenvalue weighted by Gasteiger charge is 2.23. The van der Waals surface area contributed by atoms with E-state index in [0.29, 0.717) is 22.3 Å². The summed E-state index contributed by atoms with van der Waals surface area (Å²) < 4.78 is 58.8. The number of rotatable bonds is 3. The molecule has 0 nitrogen and oxygen atoms in total. The fraction of sp³-hybridized carbons (Fsp3) is 0. The van der Waals surface area contributed by atoms with Crippen molar-refractivity contribution in [1.29, 1.82) is 0 Å². The second kappa shape index (κ2) is 10.1. The average molecular weight is 579 g/mol. The van der Waals surface area contributed by atoms with Crippen molar-refractivity contribution in [2.45, 2.75) is 0 Å². The lowest BCUT2D eigenvalue weighted by Crippen LogP contribution is -1.96. The van der Waals surface area contributed by atoms with Crippen LogP contribution < -0.4 is 0 Å². The molecule has 4 heteroatoms. The Labute approximate surface area is 250 Å². The van der Waals surface area contributed by atoms with E-state index in [0.717, 1.165) is 66.3 Å². The van der Waals surface area contributed by atoms with E-state index in [-0.39, 0.29) is 0 Å². The highest BCUT2D eigenvalue weighted by Crippen LogP contribution is 2.50. The van der Waals surface area contributed by atoms with Crippen LogP contribution >= 0.6 is 0 Å². The standard InChI is InChI=1S/C40H22F4/c41-23-17-19-33(35(43)21-23)37-25-9-1-5-13-29(25)39(30-14-6-2-10-26(30)37)40-31-15-7-3-11-27(31)38(28-12-4-8-16-32(28)40)34-20-18-24(42)22-36(34)44/h1-22H. The molecule has 0 aliphatic carbocycles. The van der Waals surface area contributed by atoms with Crippen LogP contribution in [0.3, 0.4) is 0 Å². The topological polar surface area (TPSA) is 0 Å². The Hall–Kier alpha value is -5.48. The van der Waals surface area contributed by atoms with Crippen molar-refractivity contribution in [1.82, 2.24) is 0 Å². The van der Waals surface area contributed by atoms with Crippen molar-refractivity contribution in [2.75, 3.05) is 0 Å². The molecule has 0 spiro atoms. The van der Waals surface area contributed by atoms with Gasteiger partial charge in [0.25, 0.3) is 0 Å². The van der Waals surface area contributed by atoms with Gasteiger partial charge in [0, 0.05) is 34.4 Å². The van der Waals surface area contributed by atoms with Crippen LogP contribution in [-0.4, -0.2) is 0 Å². The Balaban J connectivity index is 1.59. The monoisotopic (exact) mass is 578 g/mol. The molecule has 0 aliphatic heterocycles. The molecule has 8 rings (SSSR count). The molecular formula is C40H22F4. The van der Waals surface area contributed by atoms with Gasteiger partial charge in [-0.05, 0) is 78.5 Å². The van der Waals surface area contributed by atoms with Gasteiger partial charge in [-0.25, -0.2) is 17.6 Å². The number of hydrogen-bond acceptors (Lipinski definition) is 0. The molecule has 0 heterocycles. The van der Waals surface area contributed by atoms with Gasteiger partial charge in [-0.2, -0.15) is 0 Å². The minimum atomic E-state index is -0.632. The first-order valence-electron chi connectivity index (χ1n) is 14.3. The Kier molecular flexibility index (Phi) is 5.98. The van der Waals surface area contributed by atoms with Crippen molar-refractivity contribution in [3.05, 3.63) is 157 Å². The summed E-state index contributed by atoms with van der Waals surface area (Å²) in [4.78, 5) is 0. The Morgan fingerprint density at radius 1 is 0.273 bits per heavy atom. The van der Waals surface area contributed by atoms with E-state index < -0.39 is 23.3 Å². The summed E-state index contributed by atoms with van der Waals surface area (Å²) in [5.74, 6) is -2.52. The lowest BCUT2D eigenvalue weighted by atomic mass is 9.81. The molecule has 0 fully saturated rings. The third-order valence-electron chi connectivity index (χ3n) is 8.51. The molecule has 0 aromatic heterocycles. The molecule has 0 radical (unpaired) electrons. The molecule has 0 aliphatic rings. The van der Waals surface area contributed by atoms with E-state index >= 15 is 8.78 Å². The van der Waals surface area contributed by atoms with E-state index in [4.69, 9.17) is 0 Å². The van der Waals surface area contributed by atoms with Gasteiger partial charge in [0.15, 0.2) is 0 Å². The predicted octanol–water partition coefficient (Wildman–Crippen LogP) is 11.9. The molecule has 0 saturated heterocycles. The van der Waals surface area contributed by atoms with E-state index in [9.17, 15) is 8.78 Å². The molecule has 8 aromatic rings. The van der Waals surface area contributed by atoms with E-state index in [1.165, 1.54) is 24.3 Å². The maximum atomic E-state index is 15.4. The summed E-state index contributed by atoms with van der Waals surface area (Å²) in [5, 5.41) is 6.92. The summed E-state index contributed by atoms with van der Waals surface area (Å²) >= 11 is 0. The van der Waals surface area contributed by atoms with E-state index in [2.05, 4.69) is 0 Å². The van der Waals surface area contributed by atoms with Gasteiger partial charge in [-0.1, -0.05) is 97.1 Å². The largest absolute Gasteiger partial charge is 0.207 e. The minimum absolute atomic E-state index is 0.321. The highest BCUT2D eigenvalue weighted by molar-refractivity contribution is 6.29. The summed E-state index contributed by atoms with van der Waals surface area (Å²) in [5.41, 5.74) is 3.94. The first-order chi connectivity index (χ1) is 21.5. The molecule has 0 saturated carbocycles. The molecule has 210 valence electrons. The van der Waals surface area contributed by atoms with Crippen molar-refractivity contribution >= 4 is 43.1 Å². The van der Waals surface area contributed by atoms with Crippen LogP contribution in [0.15, 0.2) is 133 Å². The zero-order chi connectivity index (χ0) is 29.9. The summed E-state index contributed by atoms with van der Waals surface area (Å²) in [6.07, 6.45) is 0. The molecule has 0 bridgehead atoms. The van der Waals surface area contributed by atoms with Gasteiger partial charge in [0.1, 0.15) is 23.3 Å². The zero-order valence-corrected chi connectivity index (χ0v) is 23.2. The fourth-order valence-corrected chi connectivity index (χ4v) is 6.76. The number of hydrogen-bond donors (Lipinski definition) is 0. The molecule has 0 atom stereocenters. The van der Waals surface area contributed by atoms with Crippen molar-refractivity contribution in [3.63, 3.8) is 0 Å². The lowest BCUT2D eigenvalue weighted by Gasteiger charge is -2.22. The third-order valence-corrected chi connectivity index (χ3v) is 8.51. The van der Waals surface area contributed by atoms with E-state index in [1.807, 2.05) is 97.1 Å². The van der Waals surface area contributed by atoms with Crippen LogP contribution in [0.2, 0.25) is 0 Å². The zero-order valence-electron chi connectivity index (χ0n) is 23.2. The fourth-order valence-electron chi connectivity index (χ4n) is 6.76. The second-order valence-electron chi connectivity index (χ2n) is 10.9. The molecule has 44 heavy (non-hydrogen) atoms. The SMILES string of the molecule is Fc1ccc(-c2c3ccccc3c(-c3c4ccccc4c(-c4ccc(F)cc4F)c4ccccc34)c3ccccc23)c(F)c1. The smallest absolute Gasteiger partial charge is 0.133 e. The van der Waals surface area contributed by atoms with Crippen molar-refractivity contribution < 1.29 is 17.6 Å². The predicted molar refractivity (Wildman–Crippen MR) is 173 cm³/mol. The van der Waals surface area contributed by atoms with Crippen LogP contribution in [0.4, 0.5) is 17.6 Å². The van der Waals surface area contributed by atoms with Gasteiger partial charge in [0.05, 0.1) is 0 Å². The van der Waals surface area contributed by atoms with Crippen LogP contribution in [0.1, 0.15) is 0 Å². The number of fused-ring (bicyclic) bond motifs is 4. The maximum absolute atomic E-state index is 15.4. The van der Waals surface area contributed by atoms with E-state index in [1.54, 1.807) is 0 Å². The maximum Gasteiger partial charge on any atom is 0.133 e. The van der Waals surface area contributed by atoms with Gasteiger partial charge >= 0.3 is 0 Å². The highest BCUT2D eigenvalue weighted by atomic mass is 19.1. The molecule has 0 unspecified atom stereocenters. The molecule has 0 amide bonds. The first kappa shape index (κ1) is 26.2. The Morgan fingerprint density at radius 3 is 0.773 bits per heavy atom. The van der Waals surface area contributed by atoms with Crippen LogP contribution in [0.5, 0.6) is 0 Å². The Morgan fingerprint density at radius 2 is 0.523 bits per heavy atom. The second-order valence-corrected chi connectivity index (χ2v) is 10.9. The summed E-state index contributed by atoms with van der Waals surface area (Å²) in [6.45, 7) is 0. The van der Waals surface area contributed by atoms with Crippen LogP contribution in [0, 0.1) is 23.3 Å². The first-order valence-corrected chi connectivity index (χ1v) is 14.3. The van der Waals surface area contributed by atoms with Crippen molar-refractivity contribution in [2.24, 2.45) is 0 Å². The minimum Gasteiger partial charge on any atom is -0.207 e. The summed E-state index contributed by atoms with van der Waals surface area (Å²) in [7, 11) is 0. The number of benzene rings is 8. The third kappa shape index (κ3) is 3.91. The molecule has 8 aromatic carbocycles. The average Bonchev–Trinajstić information content (AvgIpc) is 3.04. The normalized spacial score (nSPS) is 11.6. The molecular weight excluding hydrogens is 556 g/mol. The van der Waals surface area contributed by atoms with Gasteiger partial charge in [-0.15, -0.1) is 0 Å². The van der Waals surface area contributed by atoms with Gasteiger partial charge < -0.3 is 0 Å². The lowest BCUT2D eigenvalue weighted by molar-refractivity contribution is 0.585. The quantitative estimate of drug-likeness (QED) is 0.145. The van der Waals surface area contributed by atoms with Gasteiger partial charge in [-0.3, -0.25) is 0 Å². The van der Waals surface area contributed by atoms with Crippen LogP contribution in [0.25, 0.3) is 76.5 Å². The summed E-state index contributed by atoms with van der Waals surface area (Å²) in [6, 6.07) is 38.9. The van der Waals surface area contributed by atoms with Gasteiger partial charge in [0.2, 0.25) is 0 Å². The number of halogens is 4. The Bertz CT molecular complexity index is 2150.